The number of benzene rings is 2. The van der Waals surface area contributed by atoms with Crippen molar-refractivity contribution in [2.24, 2.45) is 0 Å². The first kappa shape index (κ1) is 25.9. The normalized spacial score (nSPS) is 11.4. The molecule has 35 heavy (non-hydrogen) atoms. The Morgan fingerprint density at radius 3 is 2.29 bits per heavy atom. The van der Waals surface area contributed by atoms with E-state index in [1.54, 1.807) is 24.8 Å². The van der Waals surface area contributed by atoms with Crippen molar-refractivity contribution in [2.45, 2.75) is 46.1 Å². The minimum Gasteiger partial charge on any atom is -0.464 e. The van der Waals surface area contributed by atoms with Gasteiger partial charge >= 0.3 is 12.2 Å². The van der Waals surface area contributed by atoms with Gasteiger partial charge in [0.05, 0.1) is 12.1 Å². The fourth-order valence-corrected chi connectivity index (χ4v) is 3.50. The highest BCUT2D eigenvalue weighted by molar-refractivity contribution is 5.92. The van der Waals surface area contributed by atoms with Gasteiger partial charge in [0, 0.05) is 18.3 Å². The third-order valence-electron chi connectivity index (χ3n) is 5.34. The molecule has 0 spiro atoms. The number of furan rings is 1. The minimum atomic E-state index is -4.53. The van der Waals surface area contributed by atoms with Gasteiger partial charge in [-0.25, -0.2) is 4.79 Å². The summed E-state index contributed by atoms with van der Waals surface area (Å²) in [6.45, 7) is 5.54. The molecule has 0 aliphatic rings. The van der Waals surface area contributed by atoms with Crippen LogP contribution >= 0.6 is 0 Å². The summed E-state index contributed by atoms with van der Waals surface area (Å²) in [5.74, 6) is 1.00. The fourth-order valence-electron chi connectivity index (χ4n) is 3.50. The Morgan fingerprint density at radius 1 is 0.971 bits per heavy atom. The molecule has 0 radical (unpaired) electrons. The monoisotopic (exact) mass is 487 g/mol. The molecule has 0 bridgehead atoms. The van der Waals surface area contributed by atoms with Crippen LogP contribution in [0.25, 0.3) is 0 Å². The summed E-state index contributed by atoms with van der Waals surface area (Å²) in [6.07, 6.45) is -4.53. The molecule has 6 nitrogen and oxygen atoms in total. The van der Waals surface area contributed by atoms with E-state index in [1.807, 2.05) is 43.3 Å². The van der Waals surface area contributed by atoms with Gasteiger partial charge in [-0.05, 0) is 56.7 Å². The summed E-state index contributed by atoms with van der Waals surface area (Å²) in [6, 6.07) is 16.4. The smallest absolute Gasteiger partial charge is 0.416 e. The van der Waals surface area contributed by atoms with E-state index in [-0.39, 0.29) is 30.7 Å². The predicted molar refractivity (Wildman–Crippen MR) is 126 cm³/mol. The number of hydrogen-bond acceptors (Lipinski definition) is 3. The molecule has 0 aliphatic carbocycles. The molecule has 0 saturated carbocycles. The summed E-state index contributed by atoms with van der Waals surface area (Å²) in [5.41, 5.74) is 0.0361. The van der Waals surface area contributed by atoms with Gasteiger partial charge in [0.2, 0.25) is 5.91 Å². The Kier molecular flexibility index (Phi) is 8.22. The third kappa shape index (κ3) is 7.37. The van der Waals surface area contributed by atoms with E-state index in [9.17, 15) is 22.8 Å². The SMILES string of the molecule is Cc1ccc(CN(Cc2ccccc2)C(=O)CN(C(=O)Nc2cccc(C(F)(F)F)c2)C(C)C)o1. The lowest BCUT2D eigenvalue weighted by atomic mass is 10.2. The van der Waals surface area contributed by atoms with Crippen LogP contribution in [0, 0.1) is 6.92 Å². The number of rotatable bonds is 8. The zero-order valence-corrected chi connectivity index (χ0v) is 19.8. The zero-order chi connectivity index (χ0) is 25.6. The van der Waals surface area contributed by atoms with Gasteiger partial charge in [0.1, 0.15) is 18.1 Å². The number of halogens is 3. The number of anilines is 1. The molecule has 1 heterocycles. The van der Waals surface area contributed by atoms with Crippen molar-refractivity contribution < 1.29 is 27.2 Å². The summed E-state index contributed by atoms with van der Waals surface area (Å²) >= 11 is 0. The summed E-state index contributed by atoms with van der Waals surface area (Å²) in [5, 5.41) is 2.48. The van der Waals surface area contributed by atoms with Crippen LogP contribution in [0.4, 0.5) is 23.7 Å². The number of nitrogens with one attached hydrogen (secondary N) is 1. The van der Waals surface area contributed by atoms with Crippen LogP contribution in [-0.2, 0) is 24.1 Å². The molecule has 0 unspecified atom stereocenters. The first-order chi connectivity index (χ1) is 16.5. The van der Waals surface area contributed by atoms with Crippen molar-refractivity contribution in [3.05, 3.63) is 89.4 Å². The highest BCUT2D eigenvalue weighted by Gasteiger charge is 2.31. The highest BCUT2D eigenvalue weighted by atomic mass is 19.4. The van der Waals surface area contributed by atoms with Gasteiger partial charge in [-0.2, -0.15) is 13.2 Å². The molecule has 2 aromatic carbocycles. The lowest BCUT2D eigenvalue weighted by Crippen LogP contribution is -2.47. The lowest BCUT2D eigenvalue weighted by Gasteiger charge is -2.30. The van der Waals surface area contributed by atoms with E-state index < -0.39 is 17.8 Å². The molecule has 0 saturated heterocycles. The van der Waals surface area contributed by atoms with E-state index >= 15 is 0 Å². The van der Waals surface area contributed by atoms with Gasteiger partial charge in [0.15, 0.2) is 0 Å². The quantitative estimate of drug-likeness (QED) is 0.419. The van der Waals surface area contributed by atoms with Crippen LogP contribution in [0.1, 0.15) is 36.5 Å². The number of amides is 3. The molecular formula is C26H28F3N3O3. The van der Waals surface area contributed by atoms with E-state index in [4.69, 9.17) is 4.42 Å². The number of nitrogens with zero attached hydrogens (tertiary/aromatic N) is 2. The van der Waals surface area contributed by atoms with Gasteiger partial charge in [-0.15, -0.1) is 0 Å². The van der Waals surface area contributed by atoms with Crippen LogP contribution in [0.3, 0.4) is 0 Å². The Bertz CT molecular complexity index is 1140. The Hall–Kier alpha value is -3.75. The van der Waals surface area contributed by atoms with E-state index in [1.165, 1.54) is 17.0 Å². The first-order valence-corrected chi connectivity index (χ1v) is 11.1. The Morgan fingerprint density at radius 2 is 1.69 bits per heavy atom. The molecular weight excluding hydrogens is 459 g/mol. The molecule has 1 N–H and O–H groups in total. The zero-order valence-electron chi connectivity index (χ0n) is 19.8. The second-order valence-electron chi connectivity index (χ2n) is 8.48. The molecule has 9 heteroatoms. The number of aryl methyl sites for hydroxylation is 1. The average molecular weight is 488 g/mol. The number of carbonyl (C=O) groups is 2. The molecule has 0 atom stereocenters. The van der Waals surface area contributed by atoms with Crippen molar-refractivity contribution in [1.82, 2.24) is 9.80 Å². The molecule has 3 amide bonds. The highest BCUT2D eigenvalue weighted by Crippen LogP contribution is 2.30. The second kappa shape index (κ2) is 11.1. The Labute approximate surface area is 202 Å². The summed E-state index contributed by atoms with van der Waals surface area (Å²) < 4.78 is 44.7. The van der Waals surface area contributed by atoms with Gasteiger partial charge in [-0.1, -0.05) is 36.4 Å². The maximum absolute atomic E-state index is 13.3. The lowest BCUT2D eigenvalue weighted by molar-refractivity contribution is -0.137. The van der Waals surface area contributed by atoms with Crippen molar-refractivity contribution in [1.29, 1.82) is 0 Å². The second-order valence-corrected chi connectivity index (χ2v) is 8.48. The maximum Gasteiger partial charge on any atom is 0.416 e. The van der Waals surface area contributed by atoms with Crippen molar-refractivity contribution >= 4 is 17.6 Å². The summed E-state index contributed by atoms with van der Waals surface area (Å²) in [4.78, 5) is 29.1. The average Bonchev–Trinajstić information content (AvgIpc) is 3.21. The molecule has 0 aliphatic heterocycles. The van der Waals surface area contributed by atoms with Gasteiger partial charge < -0.3 is 19.5 Å². The number of alkyl halides is 3. The van der Waals surface area contributed by atoms with Gasteiger partial charge in [-0.3, -0.25) is 4.79 Å². The first-order valence-electron chi connectivity index (χ1n) is 11.1. The van der Waals surface area contributed by atoms with E-state index in [2.05, 4.69) is 5.32 Å². The molecule has 186 valence electrons. The Balaban J connectivity index is 1.76. The van der Waals surface area contributed by atoms with Crippen molar-refractivity contribution in [3.8, 4) is 0 Å². The van der Waals surface area contributed by atoms with Crippen LogP contribution in [0.2, 0.25) is 0 Å². The molecule has 3 rings (SSSR count). The largest absolute Gasteiger partial charge is 0.464 e. The topological polar surface area (TPSA) is 65.8 Å². The third-order valence-corrected chi connectivity index (χ3v) is 5.34. The van der Waals surface area contributed by atoms with E-state index in [0.29, 0.717) is 12.3 Å². The van der Waals surface area contributed by atoms with Crippen LogP contribution in [0.15, 0.2) is 71.1 Å². The maximum atomic E-state index is 13.3. The number of hydrogen-bond donors (Lipinski definition) is 1. The fraction of sp³-hybridized carbons (Fsp3) is 0.308. The predicted octanol–water partition coefficient (Wildman–Crippen LogP) is 6.08. The molecule has 1 aromatic heterocycles. The molecule has 0 fully saturated rings. The van der Waals surface area contributed by atoms with Gasteiger partial charge in [0.25, 0.3) is 0 Å². The van der Waals surface area contributed by atoms with Crippen molar-refractivity contribution in [3.63, 3.8) is 0 Å². The van der Waals surface area contributed by atoms with Crippen LogP contribution < -0.4 is 5.32 Å². The number of carbonyl (C=O) groups excluding carboxylic acids is 2. The minimum absolute atomic E-state index is 0.00451. The molecule has 3 aromatic rings. The van der Waals surface area contributed by atoms with Crippen LogP contribution in [0.5, 0.6) is 0 Å². The van der Waals surface area contributed by atoms with Crippen LogP contribution in [-0.4, -0.2) is 34.3 Å². The standard InChI is InChI=1S/C26H28F3N3O3/c1-18(2)32(25(34)30-22-11-7-10-21(14-22)26(27,28)29)17-24(33)31(15-20-8-5-4-6-9-20)16-23-13-12-19(3)35-23/h4-14,18H,15-17H2,1-3H3,(H,30,34). The number of urea groups is 1. The van der Waals surface area contributed by atoms with E-state index in [0.717, 1.165) is 23.5 Å². The summed E-state index contributed by atoms with van der Waals surface area (Å²) in [7, 11) is 0. The van der Waals surface area contributed by atoms with Crippen molar-refractivity contribution in [2.75, 3.05) is 11.9 Å².